The number of amides is 2. The number of nitrogens with zero attached hydrogens (tertiary/aromatic N) is 2. The van der Waals surface area contributed by atoms with E-state index in [4.69, 9.17) is 33.9 Å². The topological polar surface area (TPSA) is 87.8 Å². The molecule has 0 radical (unpaired) electrons. The van der Waals surface area contributed by atoms with Crippen molar-refractivity contribution >= 4 is 59.0 Å². The molecule has 2 unspecified atom stereocenters. The molecule has 174 valence electrons. The predicted octanol–water partition coefficient (Wildman–Crippen LogP) is 4.08. The third kappa shape index (κ3) is 5.28. The Kier molecular flexibility index (Phi) is 7.58. The summed E-state index contributed by atoms with van der Waals surface area (Å²) in [5.74, 6) is -0.797. The molecule has 0 aliphatic carbocycles. The number of carbonyl (C=O) groups excluding carboxylic acids is 2. The molecule has 3 aromatic rings. The summed E-state index contributed by atoms with van der Waals surface area (Å²) in [6.45, 7) is 0.219. The summed E-state index contributed by atoms with van der Waals surface area (Å²) in [6.07, 6.45) is -1.20. The number of nitrogens with one attached hydrogen (secondary N) is 1. The van der Waals surface area contributed by atoms with Crippen LogP contribution in [-0.4, -0.2) is 35.5 Å². The molecule has 1 aliphatic rings. The van der Waals surface area contributed by atoms with Gasteiger partial charge in [-0.15, -0.1) is 0 Å². The molecule has 6 nitrogen and oxygen atoms in total. The van der Waals surface area contributed by atoms with Gasteiger partial charge in [-0.2, -0.15) is 12.6 Å². The summed E-state index contributed by atoms with van der Waals surface area (Å²) in [4.78, 5) is 32.7. The summed E-state index contributed by atoms with van der Waals surface area (Å²) in [5, 5.41) is 3.74. The van der Waals surface area contributed by atoms with Crippen molar-refractivity contribution in [3.05, 3.63) is 99.5 Å². The lowest BCUT2D eigenvalue weighted by Gasteiger charge is -2.26. The highest BCUT2D eigenvalue weighted by Crippen LogP contribution is 2.32. The Balaban J connectivity index is 1.87. The maximum atomic E-state index is 13.8. The van der Waals surface area contributed by atoms with E-state index in [1.54, 1.807) is 35.2 Å². The highest BCUT2D eigenvalue weighted by molar-refractivity contribution is 7.80. The van der Waals surface area contributed by atoms with Crippen molar-refractivity contribution in [1.29, 1.82) is 0 Å². The van der Waals surface area contributed by atoms with Gasteiger partial charge < -0.3 is 16.0 Å². The fourth-order valence-corrected chi connectivity index (χ4v) is 4.23. The number of hydrogen-bond acceptors (Lipinski definition) is 5. The van der Waals surface area contributed by atoms with Crippen LogP contribution in [0.15, 0.2) is 77.8 Å². The highest BCUT2D eigenvalue weighted by atomic mass is 35.5. The Labute approximate surface area is 213 Å². The van der Waals surface area contributed by atoms with Crippen molar-refractivity contribution in [2.75, 3.05) is 10.7 Å². The summed E-state index contributed by atoms with van der Waals surface area (Å²) in [7, 11) is 0. The molecular weight excluding hydrogens is 491 g/mol. The molecule has 0 fully saturated rings. The van der Waals surface area contributed by atoms with E-state index >= 15 is 0 Å². The van der Waals surface area contributed by atoms with Crippen molar-refractivity contribution in [3.8, 4) is 0 Å². The van der Waals surface area contributed by atoms with Crippen LogP contribution >= 0.6 is 35.8 Å². The molecule has 1 heterocycles. The number of anilines is 1. The van der Waals surface area contributed by atoms with Gasteiger partial charge in [-0.25, -0.2) is 4.99 Å². The number of fused-ring (bicyclic) bond motifs is 1. The van der Waals surface area contributed by atoms with E-state index in [9.17, 15) is 9.59 Å². The lowest BCUT2D eigenvalue weighted by Crippen LogP contribution is -2.52. The third-order valence-electron chi connectivity index (χ3n) is 5.35. The van der Waals surface area contributed by atoms with Crippen LogP contribution in [0.2, 0.25) is 10.0 Å². The number of aliphatic imine (C=N–C) groups is 1. The third-order valence-corrected chi connectivity index (χ3v) is 6.22. The van der Waals surface area contributed by atoms with Crippen LogP contribution in [0.3, 0.4) is 0 Å². The monoisotopic (exact) mass is 512 g/mol. The Hall–Kier alpha value is -2.84. The molecule has 4 rings (SSSR count). The SMILES string of the molecule is NC(CS)C(=O)NC1N=C(c2ccccc2)c2cc(Cl)ccc2N(Cc2cccc(Cl)c2)C1=O. The van der Waals surface area contributed by atoms with Crippen LogP contribution < -0.4 is 16.0 Å². The fraction of sp³-hybridized carbons (Fsp3) is 0.160. The number of nitrogens with two attached hydrogens (primary N) is 1. The van der Waals surface area contributed by atoms with Gasteiger partial charge in [-0.3, -0.25) is 9.59 Å². The normalized spacial score (nSPS) is 16.4. The van der Waals surface area contributed by atoms with Gasteiger partial charge in [-0.1, -0.05) is 65.7 Å². The zero-order valence-electron chi connectivity index (χ0n) is 18.0. The van der Waals surface area contributed by atoms with Gasteiger partial charge in [0.1, 0.15) is 0 Å². The van der Waals surface area contributed by atoms with Gasteiger partial charge in [-0.05, 0) is 35.9 Å². The van der Waals surface area contributed by atoms with E-state index in [1.807, 2.05) is 42.5 Å². The van der Waals surface area contributed by atoms with E-state index in [0.717, 1.165) is 11.1 Å². The Bertz CT molecular complexity index is 1250. The van der Waals surface area contributed by atoms with Crippen LogP contribution in [0.1, 0.15) is 16.7 Å². The first-order valence-electron chi connectivity index (χ1n) is 10.5. The maximum absolute atomic E-state index is 13.8. The minimum Gasteiger partial charge on any atom is -0.325 e. The van der Waals surface area contributed by atoms with E-state index in [-0.39, 0.29) is 12.3 Å². The second-order valence-electron chi connectivity index (χ2n) is 7.76. The maximum Gasteiger partial charge on any atom is 0.272 e. The number of thiol groups is 1. The molecule has 0 aromatic heterocycles. The van der Waals surface area contributed by atoms with Crippen molar-refractivity contribution in [1.82, 2.24) is 5.32 Å². The summed E-state index contributed by atoms with van der Waals surface area (Å²) >= 11 is 16.6. The highest BCUT2D eigenvalue weighted by Gasteiger charge is 2.34. The van der Waals surface area contributed by atoms with Gasteiger partial charge in [0.25, 0.3) is 5.91 Å². The molecule has 0 saturated heterocycles. The lowest BCUT2D eigenvalue weighted by atomic mass is 10.00. The molecule has 9 heteroatoms. The van der Waals surface area contributed by atoms with E-state index < -0.39 is 24.0 Å². The fourth-order valence-electron chi connectivity index (χ4n) is 3.68. The van der Waals surface area contributed by atoms with E-state index in [1.165, 1.54) is 0 Å². The molecule has 0 saturated carbocycles. The van der Waals surface area contributed by atoms with Crippen LogP contribution in [0.4, 0.5) is 5.69 Å². The molecule has 1 aliphatic heterocycles. The van der Waals surface area contributed by atoms with Crippen LogP contribution in [-0.2, 0) is 16.1 Å². The Morgan fingerprint density at radius 1 is 1.06 bits per heavy atom. The standard InChI is InChI=1S/C25H22Cl2N4O2S/c26-17-8-4-5-15(11-17)13-31-21-10-9-18(27)12-19(21)22(16-6-2-1-3-7-16)29-23(25(31)33)30-24(32)20(28)14-34/h1-12,20,23,34H,13-14,28H2,(H,30,32). The summed E-state index contributed by atoms with van der Waals surface area (Å²) in [5.41, 5.74) is 9.27. The Morgan fingerprint density at radius 3 is 2.50 bits per heavy atom. The van der Waals surface area contributed by atoms with Crippen molar-refractivity contribution in [2.45, 2.75) is 18.8 Å². The molecule has 34 heavy (non-hydrogen) atoms. The summed E-state index contributed by atoms with van der Waals surface area (Å²) < 4.78 is 0. The number of carbonyl (C=O) groups is 2. The number of benzene rings is 3. The lowest BCUT2D eigenvalue weighted by molar-refractivity contribution is -0.127. The molecule has 0 bridgehead atoms. The van der Waals surface area contributed by atoms with E-state index in [2.05, 4.69) is 17.9 Å². The summed E-state index contributed by atoms with van der Waals surface area (Å²) in [6, 6.07) is 21.1. The second kappa shape index (κ2) is 10.6. The second-order valence-corrected chi connectivity index (χ2v) is 9.00. The number of hydrogen-bond donors (Lipinski definition) is 3. The zero-order valence-corrected chi connectivity index (χ0v) is 20.4. The van der Waals surface area contributed by atoms with Gasteiger partial charge in [0.05, 0.1) is 24.0 Å². The molecule has 2 amide bonds. The van der Waals surface area contributed by atoms with Crippen molar-refractivity contribution in [2.24, 2.45) is 10.7 Å². The average Bonchev–Trinajstić information content (AvgIpc) is 2.94. The van der Waals surface area contributed by atoms with E-state index in [0.29, 0.717) is 27.0 Å². The number of rotatable bonds is 6. The minimum absolute atomic E-state index is 0.129. The first kappa shape index (κ1) is 24.3. The van der Waals surface area contributed by atoms with Crippen LogP contribution in [0.5, 0.6) is 0 Å². The van der Waals surface area contributed by atoms with Gasteiger partial charge in [0.2, 0.25) is 12.1 Å². The van der Waals surface area contributed by atoms with Gasteiger partial charge in [0, 0.05) is 26.9 Å². The quantitative estimate of drug-likeness (QED) is 0.435. The molecule has 3 aromatic carbocycles. The number of benzodiazepines with no additional fused rings is 1. The van der Waals surface area contributed by atoms with Crippen LogP contribution in [0, 0.1) is 0 Å². The van der Waals surface area contributed by atoms with Gasteiger partial charge >= 0.3 is 0 Å². The molecule has 2 atom stereocenters. The van der Waals surface area contributed by atoms with Crippen molar-refractivity contribution in [3.63, 3.8) is 0 Å². The first-order chi connectivity index (χ1) is 16.4. The number of halogens is 2. The largest absolute Gasteiger partial charge is 0.325 e. The molecule has 0 spiro atoms. The average molecular weight is 513 g/mol. The first-order valence-corrected chi connectivity index (χ1v) is 11.9. The predicted molar refractivity (Wildman–Crippen MR) is 140 cm³/mol. The minimum atomic E-state index is -1.20. The smallest absolute Gasteiger partial charge is 0.272 e. The Morgan fingerprint density at radius 2 is 1.79 bits per heavy atom. The van der Waals surface area contributed by atoms with Crippen LogP contribution in [0.25, 0.3) is 0 Å². The van der Waals surface area contributed by atoms with Crippen molar-refractivity contribution < 1.29 is 9.59 Å². The van der Waals surface area contributed by atoms with Gasteiger partial charge in [0.15, 0.2) is 0 Å². The zero-order chi connectivity index (χ0) is 24.2. The molecular formula is C25H22Cl2N4O2S. The molecule has 3 N–H and O–H groups in total.